The average molecular weight is 472 g/mol. The van der Waals surface area contributed by atoms with Crippen LogP contribution in [0.3, 0.4) is 0 Å². The van der Waals surface area contributed by atoms with Crippen molar-refractivity contribution >= 4 is 41.3 Å². The summed E-state index contributed by atoms with van der Waals surface area (Å²) >= 11 is 2.43. The van der Waals surface area contributed by atoms with Crippen LogP contribution in [0, 0.1) is 0 Å². The molecule has 31 heavy (non-hydrogen) atoms. The van der Waals surface area contributed by atoms with Crippen LogP contribution >= 0.6 is 23.5 Å². The summed E-state index contributed by atoms with van der Waals surface area (Å²) in [6.07, 6.45) is 0. The number of aliphatic carboxylic acids is 1. The summed E-state index contributed by atoms with van der Waals surface area (Å²) < 4.78 is 5.84. The Labute approximate surface area is 207 Å². The van der Waals surface area contributed by atoms with Gasteiger partial charge in [0, 0.05) is 7.05 Å². The van der Waals surface area contributed by atoms with Gasteiger partial charge in [0.1, 0.15) is 17.7 Å². The van der Waals surface area contributed by atoms with E-state index < -0.39 is 39.3 Å². The van der Waals surface area contributed by atoms with E-state index in [2.05, 4.69) is 20.5 Å². The number of fused-ring (bicyclic) bond motifs is 1. The maximum Gasteiger partial charge on any atom is 1.00 e. The molecule has 0 bridgehead atoms. The number of nitrogens with zero attached hydrogens (tertiary/aromatic N) is 6. The number of benzene rings is 1. The second-order valence-electron chi connectivity index (χ2n) is 6.77. The topological polar surface area (TPSA) is 146 Å². The second kappa shape index (κ2) is 9.36. The molecular weight excluding hydrogens is 455 g/mol. The van der Waals surface area contributed by atoms with Crippen molar-refractivity contribution in [1.29, 1.82) is 0 Å². The van der Waals surface area contributed by atoms with Crippen molar-refractivity contribution in [2.45, 2.75) is 33.6 Å². The standard InChI is InChI=1S/C17H18N6O5S2.Na/c1-17(30-16-19-20-21-22(16)2)12(15(26)27)23-13(25)11(14(23)29-17)18-10(24)8-28-9-6-4-3-5-7-9;/h3-7,11-12,14H,8H2,1-2H3,(H,18,24)(H,26,27);/q;+1/p-1/t11-,12-,14-,17+;/m1./s1. The van der Waals surface area contributed by atoms with Crippen LogP contribution in [0.25, 0.3) is 0 Å². The third-order valence-electron chi connectivity index (χ3n) is 4.68. The number of aryl methyl sites for hydroxylation is 1. The number of rotatable bonds is 7. The smallest absolute Gasteiger partial charge is 0.860 e. The molecule has 0 aliphatic carbocycles. The molecule has 158 valence electrons. The number of tetrazole rings is 1. The number of aliphatic imine (C=N–C) groups is 1. The largest absolute Gasteiger partial charge is 1.00 e. The predicted octanol–water partition coefficient (Wildman–Crippen LogP) is -3.40. The van der Waals surface area contributed by atoms with Gasteiger partial charge in [-0.1, -0.05) is 30.0 Å². The van der Waals surface area contributed by atoms with Gasteiger partial charge in [0.15, 0.2) is 12.1 Å². The normalized spacial score (nSPS) is 27.3. The molecule has 14 heteroatoms. The molecule has 0 spiro atoms. The average Bonchev–Trinajstić information content (AvgIpc) is 3.24. The van der Waals surface area contributed by atoms with Crippen molar-refractivity contribution in [3.05, 3.63) is 30.3 Å². The first kappa shape index (κ1) is 23.9. The number of carboxylic acids is 1. The summed E-state index contributed by atoms with van der Waals surface area (Å²) in [4.78, 5) is 29.8. The van der Waals surface area contributed by atoms with Gasteiger partial charge in [-0.2, -0.15) is 0 Å². The Kier molecular flexibility index (Phi) is 7.21. The fourth-order valence-corrected chi connectivity index (χ4v) is 6.42. The zero-order chi connectivity index (χ0) is 21.5. The van der Waals surface area contributed by atoms with Crippen molar-refractivity contribution in [1.82, 2.24) is 25.1 Å². The van der Waals surface area contributed by atoms with Gasteiger partial charge in [-0.15, -0.1) is 16.9 Å². The van der Waals surface area contributed by atoms with Crippen molar-refractivity contribution < 1.29 is 54.1 Å². The maximum atomic E-state index is 12.6. The van der Waals surface area contributed by atoms with Crippen molar-refractivity contribution in [3.8, 4) is 5.75 Å². The molecule has 0 unspecified atom stereocenters. The number of carbonyl (C=O) groups excluding carboxylic acids is 1. The van der Waals surface area contributed by atoms with E-state index in [9.17, 15) is 19.8 Å². The van der Waals surface area contributed by atoms with Crippen LogP contribution in [-0.4, -0.2) is 76.1 Å². The zero-order valence-electron chi connectivity index (χ0n) is 16.9. The Morgan fingerprint density at radius 3 is 2.74 bits per heavy atom. The fourth-order valence-electron chi connectivity index (χ4n) is 3.31. The number of hydrogen-bond donors (Lipinski definition) is 1. The van der Waals surface area contributed by atoms with Gasteiger partial charge in [0.25, 0.3) is 5.91 Å². The number of amides is 1. The number of β-lactam (4-membered cyclic amide) rings is 1. The van der Waals surface area contributed by atoms with Crippen molar-refractivity contribution in [3.63, 3.8) is 0 Å². The first-order valence-corrected chi connectivity index (χ1v) is 10.6. The third kappa shape index (κ3) is 4.55. The number of aromatic nitrogens is 4. The molecule has 2 fully saturated rings. The van der Waals surface area contributed by atoms with E-state index in [0.717, 1.165) is 0 Å². The molecule has 2 aromatic rings. The van der Waals surface area contributed by atoms with Crippen LogP contribution in [0.2, 0.25) is 0 Å². The minimum absolute atomic E-state index is 0. The van der Waals surface area contributed by atoms with Crippen LogP contribution in [0.5, 0.6) is 5.75 Å². The summed E-state index contributed by atoms with van der Waals surface area (Å²) in [5.41, 5.74) is 0. The molecule has 1 amide bonds. The Morgan fingerprint density at radius 2 is 2.13 bits per heavy atom. The van der Waals surface area contributed by atoms with Crippen LogP contribution in [0.15, 0.2) is 40.5 Å². The quantitative estimate of drug-likeness (QED) is 0.187. The number of para-hydroxylation sites is 1. The third-order valence-corrected chi connectivity index (χ3v) is 7.79. The Morgan fingerprint density at radius 1 is 1.42 bits per heavy atom. The Hall–Kier alpha value is -1.80. The number of hydrogen-bond acceptors (Lipinski definition) is 10. The number of carboxylic acid groups (broad SMARTS) is 1. The fraction of sp³-hybridized carbons (Fsp3) is 0.412. The van der Waals surface area contributed by atoms with Gasteiger partial charge in [-0.05, 0) is 35.4 Å². The molecule has 1 aromatic heterocycles. The van der Waals surface area contributed by atoms with Crippen LogP contribution in [0.1, 0.15) is 6.92 Å². The Bertz CT molecular complexity index is 1010. The summed E-state index contributed by atoms with van der Waals surface area (Å²) in [5.74, 6) is -1.69. The molecule has 4 atom stereocenters. The molecule has 0 saturated carbocycles. The summed E-state index contributed by atoms with van der Waals surface area (Å²) in [7, 11) is 1.64. The molecule has 1 N–H and O–H groups in total. The summed E-state index contributed by atoms with van der Waals surface area (Å²) in [5, 5.41) is 33.0. The molecule has 11 nitrogen and oxygen atoms in total. The van der Waals surface area contributed by atoms with Crippen molar-refractivity contribution in [2.75, 3.05) is 6.61 Å². The predicted molar refractivity (Wildman–Crippen MR) is 106 cm³/mol. The monoisotopic (exact) mass is 472 g/mol. The van der Waals surface area contributed by atoms with E-state index in [1.54, 1.807) is 38.2 Å². The number of thioether (sulfide) groups is 2. The first-order chi connectivity index (χ1) is 14.3. The molecular formula is C17H17N6NaO5S2. The van der Waals surface area contributed by atoms with Gasteiger partial charge >= 0.3 is 35.5 Å². The summed E-state index contributed by atoms with van der Waals surface area (Å²) in [6.45, 7) is 1.42. The van der Waals surface area contributed by atoms with Gasteiger partial charge in [-0.25, -0.2) is 9.48 Å². The molecule has 2 aliphatic heterocycles. The zero-order valence-corrected chi connectivity index (χ0v) is 20.5. The molecule has 4 rings (SSSR count). The van der Waals surface area contributed by atoms with E-state index in [4.69, 9.17) is 4.74 Å². The van der Waals surface area contributed by atoms with E-state index in [1.807, 2.05) is 6.07 Å². The van der Waals surface area contributed by atoms with Gasteiger partial charge < -0.3 is 19.8 Å². The van der Waals surface area contributed by atoms with Gasteiger partial charge in [-0.3, -0.25) is 9.79 Å². The minimum Gasteiger partial charge on any atom is -0.860 e. The second-order valence-corrected chi connectivity index (χ2v) is 10.0. The van der Waals surface area contributed by atoms with E-state index >= 15 is 0 Å². The van der Waals surface area contributed by atoms with Crippen molar-refractivity contribution in [2.24, 2.45) is 12.0 Å². The van der Waals surface area contributed by atoms with Crippen LogP contribution in [-0.2, 0) is 16.6 Å². The number of ether oxygens (including phenoxy) is 1. The Balaban J connectivity index is 0.00000272. The van der Waals surface area contributed by atoms with Gasteiger partial charge in [0.2, 0.25) is 5.16 Å². The molecule has 2 saturated heterocycles. The molecule has 1 aromatic carbocycles. The number of carbonyl (C=O) groups is 2. The van der Waals surface area contributed by atoms with E-state index in [1.165, 1.54) is 33.1 Å². The maximum absolute atomic E-state index is 12.6. The van der Waals surface area contributed by atoms with Gasteiger partial charge in [0.05, 0.1) is 4.08 Å². The van der Waals surface area contributed by atoms with E-state index in [-0.39, 0.29) is 36.2 Å². The first-order valence-electron chi connectivity index (χ1n) is 8.86. The molecule has 2 aliphatic rings. The summed E-state index contributed by atoms with van der Waals surface area (Å²) in [6, 6.07) is 6.73. The van der Waals surface area contributed by atoms with Crippen LogP contribution < -0.4 is 39.4 Å². The minimum atomic E-state index is -1.14. The SMILES string of the molecule is Cn1nnnc1S[C@]1(C)S[C@@H]2[C@H](N=C([O-])COc3ccccc3)C(=O)N2[C@@H]1C(=O)O.[Na+]. The molecule has 0 radical (unpaired) electrons. The van der Waals surface area contributed by atoms with E-state index in [0.29, 0.717) is 10.9 Å². The van der Waals surface area contributed by atoms with Crippen LogP contribution in [0.4, 0.5) is 0 Å². The molecule has 3 heterocycles.